The Morgan fingerprint density at radius 1 is 1.50 bits per heavy atom. The maximum absolute atomic E-state index is 11.9. The van der Waals surface area contributed by atoms with Gasteiger partial charge in [-0.25, -0.2) is 9.78 Å². The number of amides is 2. The van der Waals surface area contributed by atoms with Crippen LogP contribution in [0.3, 0.4) is 0 Å². The van der Waals surface area contributed by atoms with Crippen molar-refractivity contribution in [3.63, 3.8) is 0 Å². The van der Waals surface area contributed by atoms with E-state index in [4.69, 9.17) is 10.4 Å². The van der Waals surface area contributed by atoms with Crippen LogP contribution in [-0.4, -0.2) is 28.8 Å². The van der Waals surface area contributed by atoms with Crippen LogP contribution in [0.4, 0.5) is 9.93 Å². The van der Waals surface area contributed by atoms with Gasteiger partial charge in [-0.2, -0.15) is 5.26 Å². The summed E-state index contributed by atoms with van der Waals surface area (Å²) in [5.74, 6) is 0. The highest BCUT2D eigenvalue weighted by atomic mass is 32.1. The lowest BCUT2D eigenvalue weighted by Crippen LogP contribution is -2.38. The third-order valence-corrected chi connectivity index (χ3v) is 4.43. The predicted octanol–water partition coefficient (Wildman–Crippen LogP) is 2.89. The smallest absolute Gasteiger partial charge is 0.321 e. The highest BCUT2D eigenvalue weighted by Gasteiger charge is 2.11. The van der Waals surface area contributed by atoms with Crippen molar-refractivity contribution in [2.75, 3.05) is 11.9 Å². The Labute approximate surface area is 145 Å². The molecule has 7 heteroatoms. The molecule has 0 radical (unpaired) electrons. The Hall–Kier alpha value is -2.43. The van der Waals surface area contributed by atoms with Crippen LogP contribution in [0.1, 0.15) is 35.8 Å². The van der Waals surface area contributed by atoms with E-state index < -0.39 is 0 Å². The molecule has 3 N–H and O–H groups in total. The van der Waals surface area contributed by atoms with Crippen LogP contribution in [0.25, 0.3) is 0 Å². The molecule has 1 atom stereocenters. The molecule has 0 unspecified atom stereocenters. The van der Waals surface area contributed by atoms with E-state index >= 15 is 0 Å². The number of nitrogens with one attached hydrogen (secondary N) is 2. The van der Waals surface area contributed by atoms with Crippen molar-refractivity contribution in [1.82, 2.24) is 10.3 Å². The van der Waals surface area contributed by atoms with Gasteiger partial charge in [-0.15, -0.1) is 11.3 Å². The van der Waals surface area contributed by atoms with Crippen molar-refractivity contribution in [3.05, 3.63) is 46.5 Å². The summed E-state index contributed by atoms with van der Waals surface area (Å²) in [6.45, 7) is 2.00. The normalized spacial score (nSPS) is 11.5. The zero-order valence-electron chi connectivity index (χ0n) is 13.5. The van der Waals surface area contributed by atoms with E-state index in [2.05, 4.69) is 21.7 Å². The number of rotatable bonds is 7. The Balaban J connectivity index is 1.93. The zero-order valence-corrected chi connectivity index (χ0v) is 14.3. The number of hydrogen-bond acceptors (Lipinski definition) is 5. The number of aliphatic hydroxyl groups excluding tert-OH is 1. The number of carbonyl (C=O) groups excluding carboxylic acids is 1. The van der Waals surface area contributed by atoms with Crippen LogP contribution >= 0.6 is 11.3 Å². The Kier molecular flexibility index (Phi) is 6.73. The second-order valence-electron chi connectivity index (χ2n) is 5.34. The van der Waals surface area contributed by atoms with E-state index in [0.29, 0.717) is 23.5 Å². The topological polar surface area (TPSA) is 98.0 Å². The fourth-order valence-corrected chi connectivity index (χ4v) is 3.09. The number of anilines is 1. The van der Waals surface area contributed by atoms with E-state index in [0.717, 1.165) is 16.9 Å². The maximum atomic E-state index is 11.9. The summed E-state index contributed by atoms with van der Waals surface area (Å²) < 4.78 is 0. The molecule has 0 saturated carbocycles. The van der Waals surface area contributed by atoms with Crippen LogP contribution in [0, 0.1) is 11.3 Å². The van der Waals surface area contributed by atoms with Gasteiger partial charge < -0.3 is 10.4 Å². The third kappa shape index (κ3) is 5.33. The van der Waals surface area contributed by atoms with Crippen LogP contribution in [0.5, 0.6) is 0 Å². The highest BCUT2D eigenvalue weighted by molar-refractivity contribution is 7.15. The van der Waals surface area contributed by atoms with Crippen molar-refractivity contribution in [1.29, 1.82) is 5.26 Å². The number of aromatic nitrogens is 1. The van der Waals surface area contributed by atoms with Gasteiger partial charge in [0, 0.05) is 30.1 Å². The van der Waals surface area contributed by atoms with Crippen molar-refractivity contribution in [2.24, 2.45) is 0 Å². The minimum absolute atomic E-state index is 0.0436. The average Bonchev–Trinajstić information content (AvgIpc) is 3.01. The molecule has 0 spiro atoms. The summed E-state index contributed by atoms with van der Waals surface area (Å²) in [7, 11) is 0. The fraction of sp³-hybridized carbons (Fsp3) is 0.353. The van der Waals surface area contributed by atoms with Crippen LogP contribution in [0.15, 0.2) is 30.5 Å². The van der Waals surface area contributed by atoms with Crippen LogP contribution in [-0.2, 0) is 6.42 Å². The van der Waals surface area contributed by atoms with E-state index in [9.17, 15) is 4.79 Å². The number of urea groups is 1. The van der Waals surface area contributed by atoms with Gasteiger partial charge in [0.15, 0.2) is 5.13 Å². The first kappa shape index (κ1) is 17.9. The second kappa shape index (κ2) is 9.01. The summed E-state index contributed by atoms with van der Waals surface area (Å²) in [6.07, 6.45) is 3.68. The molecular weight excluding hydrogens is 324 g/mol. The van der Waals surface area contributed by atoms with E-state index in [1.807, 2.05) is 25.1 Å². The first-order valence-corrected chi connectivity index (χ1v) is 8.58. The Bertz CT molecular complexity index is 723. The van der Waals surface area contributed by atoms with Crippen molar-refractivity contribution >= 4 is 22.5 Å². The molecule has 0 aliphatic rings. The minimum atomic E-state index is -0.317. The summed E-state index contributed by atoms with van der Waals surface area (Å²) in [5, 5.41) is 23.9. The van der Waals surface area contributed by atoms with Crippen molar-refractivity contribution in [3.8, 4) is 6.07 Å². The molecular formula is C17H20N4O2S. The highest BCUT2D eigenvalue weighted by Crippen LogP contribution is 2.21. The van der Waals surface area contributed by atoms with Gasteiger partial charge in [0.25, 0.3) is 0 Å². The molecule has 1 aromatic heterocycles. The molecule has 126 valence electrons. The quantitative estimate of drug-likeness (QED) is 0.719. The van der Waals surface area contributed by atoms with Gasteiger partial charge in [-0.3, -0.25) is 5.32 Å². The van der Waals surface area contributed by atoms with E-state index in [1.54, 1.807) is 12.3 Å². The molecule has 2 amide bonds. The minimum Gasteiger partial charge on any atom is -0.396 e. The maximum Gasteiger partial charge on any atom is 0.321 e. The first-order chi connectivity index (χ1) is 11.6. The zero-order chi connectivity index (χ0) is 17.4. The molecule has 0 bridgehead atoms. The monoisotopic (exact) mass is 344 g/mol. The fourth-order valence-electron chi connectivity index (χ4n) is 2.25. The van der Waals surface area contributed by atoms with Gasteiger partial charge in [0.2, 0.25) is 0 Å². The number of aliphatic hydroxyl groups is 1. The van der Waals surface area contributed by atoms with Gasteiger partial charge >= 0.3 is 6.03 Å². The molecule has 2 rings (SSSR count). The summed E-state index contributed by atoms with van der Waals surface area (Å²) in [5.41, 5.74) is 1.66. The third-order valence-electron chi connectivity index (χ3n) is 3.51. The number of thiazole rings is 1. The lowest BCUT2D eigenvalue weighted by atomic mass is 10.1. The van der Waals surface area contributed by atoms with Crippen molar-refractivity contribution < 1.29 is 9.90 Å². The number of benzene rings is 1. The van der Waals surface area contributed by atoms with Gasteiger partial charge in [-0.05, 0) is 30.5 Å². The van der Waals surface area contributed by atoms with Crippen LogP contribution in [0.2, 0.25) is 0 Å². The second-order valence-corrected chi connectivity index (χ2v) is 6.45. The molecule has 1 aromatic carbocycles. The van der Waals surface area contributed by atoms with E-state index in [1.165, 1.54) is 11.3 Å². The van der Waals surface area contributed by atoms with Gasteiger partial charge in [-0.1, -0.05) is 19.1 Å². The molecule has 0 aliphatic heterocycles. The lowest BCUT2D eigenvalue weighted by molar-refractivity contribution is 0.237. The number of nitrogens with zero attached hydrogens (tertiary/aromatic N) is 2. The largest absolute Gasteiger partial charge is 0.396 e. The summed E-state index contributed by atoms with van der Waals surface area (Å²) in [4.78, 5) is 17.1. The van der Waals surface area contributed by atoms with Crippen LogP contribution < -0.4 is 10.6 Å². The van der Waals surface area contributed by atoms with Crippen molar-refractivity contribution in [2.45, 2.75) is 32.2 Å². The molecule has 2 aromatic rings. The number of carbonyl (C=O) groups is 1. The molecule has 6 nitrogen and oxygen atoms in total. The lowest BCUT2D eigenvalue weighted by Gasteiger charge is -2.15. The van der Waals surface area contributed by atoms with Gasteiger partial charge in [0.05, 0.1) is 11.6 Å². The molecule has 0 fully saturated rings. The molecule has 0 saturated heterocycles. The number of nitriles is 1. The molecule has 0 aliphatic carbocycles. The Morgan fingerprint density at radius 3 is 3.04 bits per heavy atom. The summed E-state index contributed by atoms with van der Waals surface area (Å²) >= 11 is 1.40. The molecule has 24 heavy (non-hydrogen) atoms. The first-order valence-electron chi connectivity index (χ1n) is 7.76. The number of hydrogen-bond donors (Lipinski definition) is 3. The Morgan fingerprint density at radius 2 is 2.33 bits per heavy atom. The standard InChI is InChI=1S/C17H20N4O2S/c1-2-14(6-7-22)20-16(23)21-17-19-11-15(24-17)9-12-4-3-5-13(8-12)10-18/h3-5,8,11,14,22H,2,6-7,9H2,1H3,(H2,19,20,21,23)/t14-/m0/s1. The summed E-state index contributed by atoms with van der Waals surface area (Å²) in [6, 6.07) is 9.18. The average molecular weight is 344 g/mol. The van der Waals surface area contributed by atoms with Gasteiger partial charge in [0.1, 0.15) is 0 Å². The SMILES string of the molecule is CC[C@@H](CCO)NC(=O)Nc1ncc(Cc2cccc(C#N)c2)s1. The predicted molar refractivity (Wildman–Crippen MR) is 94.0 cm³/mol. The van der Waals surface area contributed by atoms with E-state index in [-0.39, 0.29) is 18.7 Å². The molecule has 1 heterocycles.